The molecule has 1 rings (SSSR count). The molecule has 0 spiro atoms. The van der Waals surface area contributed by atoms with E-state index in [1.165, 1.54) is 0 Å². The Balaban J connectivity index is 2.94. The maximum absolute atomic E-state index is 12.6. The molecule has 1 nitrogen and oxygen atoms in total. The van der Waals surface area contributed by atoms with E-state index in [9.17, 15) is 8.78 Å². The van der Waals surface area contributed by atoms with Crippen LogP contribution in [0.15, 0.2) is 18.2 Å². The fourth-order valence-corrected chi connectivity index (χ4v) is 1.34. The van der Waals surface area contributed by atoms with Crippen molar-refractivity contribution in [2.45, 2.75) is 39.7 Å². The fraction of sp³-hybridized carbons (Fsp3) is 0.500. The number of hydrogen-bond acceptors (Lipinski definition) is 1. The molecule has 0 aliphatic carbocycles. The van der Waals surface area contributed by atoms with Crippen LogP contribution in [0.5, 0.6) is 5.75 Å². The monoisotopic (exact) mass is 214 g/mol. The zero-order valence-corrected chi connectivity index (χ0v) is 9.47. The average molecular weight is 214 g/mol. The van der Waals surface area contributed by atoms with Crippen LogP contribution in [0.2, 0.25) is 0 Å². The van der Waals surface area contributed by atoms with Gasteiger partial charge in [0.25, 0.3) is 0 Å². The number of hydrogen-bond donors (Lipinski definition) is 0. The lowest BCUT2D eigenvalue weighted by atomic mass is 10.0. The molecule has 1 aromatic rings. The van der Waals surface area contributed by atoms with Crippen molar-refractivity contribution in [2.24, 2.45) is 0 Å². The molecule has 0 heterocycles. The number of halogens is 2. The summed E-state index contributed by atoms with van der Waals surface area (Å²) in [5.41, 5.74) is 1.86. The van der Waals surface area contributed by atoms with Gasteiger partial charge in [-0.25, -0.2) is 0 Å². The van der Waals surface area contributed by atoms with Gasteiger partial charge in [-0.2, -0.15) is 8.78 Å². The minimum atomic E-state index is -3.12. The van der Waals surface area contributed by atoms with Gasteiger partial charge in [-0.1, -0.05) is 26.0 Å². The van der Waals surface area contributed by atoms with Crippen LogP contribution in [-0.4, -0.2) is 6.11 Å². The van der Waals surface area contributed by atoms with Gasteiger partial charge >= 0.3 is 6.11 Å². The van der Waals surface area contributed by atoms with Gasteiger partial charge in [0.1, 0.15) is 5.75 Å². The summed E-state index contributed by atoms with van der Waals surface area (Å²) in [5, 5.41) is 0. The predicted molar refractivity (Wildman–Crippen MR) is 56.5 cm³/mol. The van der Waals surface area contributed by atoms with Gasteiger partial charge < -0.3 is 4.74 Å². The molecule has 15 heavy (non-hydrogen) atoms. The molecule has 0 radical (unpaired) electrons. The minimum Gasteiger partial charge on any atom is -0.433 e. The van der Waals surface area contributed by atoms with Crippen LogP contribution in [0.25, 0.3) is 0 Å². The molecule has 0 atom stereocenters. The molecular formula is C12H16F2O. The van der Waals surface area contributed by atoms with Crippen LogP contribution in [0, 0.1) is 6.92 Å². The van der Waals surface area contributed by atoms with Crippen LogP contribution in [0.1, 0.15) is 37.8 Å². The second-order valence-electron chi connectivity index (χ2n) is 4.09. The third-order valence-corrected chi connectivity index (χ3v) is 2.15. The van der Waals surface area contributed by atoms with E-state index >= 15 is 0 Å². The Morgan fingerprint density at radius 1 is 1.27 bits per heavy atom. The van der Waals surface area contributed by atoms with Gasteiger partial charge in [0.05, 0.1) is 0 Å². The molecule has 0 N–H and O–H groups in total. The Labute approximate surface area is 89.1 Å². The normalized spacial score (nSPS) is 11.9. The van der Waals surface area contributed by atoms with Crippen molar-refractivity contribution in [3.05, 3.63) is 29.3 Å². The Hall–Kier alpha value is -1.12. The van der Waals surface area contributed by atoms with Gasteiger partial charge in [-0.05, 0) is 30.0 Å². The summed E-state index contributed by atoms with van der Waals surface area (Å²) in [4.78, 5) is 0. The van der Waals surface area contributed by atoms with E-state index in [-0.39, 0.29) is 5.75 Å². The zero-order valence-electron chi connectivity index (χ0n) is 9.47. The molecule has 0 aliphatic heterocycles. The molecule has 0 saturated carbocycles. The molecular weight excluding hydrogens is 198 g/mol. The standard InChI is InChI=1S/C12H16F2O/c1-8(2)10-5-6-11(9(3)7-10)15-12(4,13)14/h5-8H,1-4H3. The Morgan fingerprint density at radius 3 is 2.27 bits per heavy atom. The van der Waals surface area contributed by atoms with E-state index in [2.05, 4.69) is 18.6 Å². The maximum atomic E-state index is 12.6. The number of benzene rings is 1. The summed E-state index contributed by atoms with van der Waals surface area (Å²) in [6.45, 7) is 6.63. The lowest BCUT2D eigenvalue weighted by Gasteiger charge is -2.16. The van der Waals surface area contributed by atoms with Crippen LogP contribution in [0.3, 0.4) is 0 Å². The Morgan fingerprint density at radius 2 is 1.87 bits per heavy atom. The van der Waals surface area contributed by atoms with Gasteiger partial charge in [0, 0.05) is 6.92 Å². The first-order valence-electron chi connectivity index (χ1n) is 4.97. The Bertz CT molecular complexity index is 340. The molecule has 0 aliphatic rings. The minimum absolute atomic E-state index is 0.243. The molecule has 0 unspecified atom stereocenters. The van der Waals surface area contributed by atoms with Gasteiger partial charge in [0.15, 0.2) is 0 Å². The third kappa shape index (κ3) is 3.50. The van der Waals surface area contributed by atoms with Crippen molar-refractivity contribution in [3.8, 4) is 5.75 Å². The molecule has 3 heteroatoms. The third-order valence-electron chi connectivity index (χ3n) is 2.15. The first kappa shape index (κ1) is 12.0. The van der Waals surface area contributed by atoms with Crippen molar-refractivity contribution < 1.29 is 13.5 Å². The van der Waals surface area contributed by atoms with E-state index in [1.807, 2.05) is 12.1 Å². The van der Waals surface area contributed by atoms with Crippen LogP contribution < -0.4 is 4.74 Å². The van der Waals surface area contributed by atoms with Crippen molar-refractivity contribution in [3.63, 3.8) is 0 Å². The average Bonchev–Trinajstić information content (AvgIpc) is 2.05. The second kappa shape index (κ2) is 4.17. The summed E-state index contributed by atoms with van der Waals surface area (Å²) in [5.74, 6) is 0.631. The van der Waals surface area contributed by atoms with Gasteiger partial charge in [0.2, 0.25) is 0 Å². The highest BCUT2D eigenvalue weighted by molar-refractivity contribution is 5.37. The predicted octanol–water partition coefficient (Wildman–Crippen LogP) is 4.11. The first-order valence-corrected chi connectivity index (χ1v) is 4.97. The van der Waals surface area contributed by atoms with Crippen LogP contribution in [-0.2, 0) is 0 Å². The molecule has 0 saturated heterocycles. The summed E-state index contributed by atoms with van der Waals surface area (Å²) in [7, 11) is 0. The van der Waals surface area contributed by atoms with E-state index in [4.69, 9.17) is 0 Å². The van der Waals surface area contributed by atoms with Crippen molar-refractivity contribution in [2.75, 3.05) is 0 Å². The quantitative estimate of drug-likeness (QED) is 0.735. The van der Waals surface area contributed by atoms with Crippen LogP contribution in [0.4, 0.5) is 8.78 Å². The van der Waals surface area contributed by atoms with E-state index in [0.717, 1.165) is 18.1 Å². The lowest BCUT2D eigenvalue weighted by Crippen LogP contribution is -2.19. The summed E-state index contributed by atoms with van der Waals surface area (Å²) in [6.07, 6.45) is -3.12. The van der Waals surface area contributed by atoms with Gasteiger partial charge in [-0.3, -0.25) is 0 Å². The SMILES string of the molecule is Cc1cc(C(C)C)ccc1OC(C)(F)F. The summed E-state index contributed by atoms with van der Waals surface area (Å²) >= 11 is 0. The first-order chi connectivity index (χ1) is 6.79. The van der Waals surface area contributed by atoms with Crippen molar-refractivity contribution in [1.29, 1.82) is 0 Å². The molecule has 0 amide bonds. The smallest absolute Gasteiger partial charge is 0.394 e. The fourth-order valence-electron chi connectivity index (χ4n) is 1.34. The lowest BCUT2D eigenvalue weighted by molar-refractivity contribution is -0.159. The number of alkyl halides is 2. The van der Waals surface area contributed by atoms with Gasteiger partial charge in [-0.15, -0.1) is 0 Å². The van der Waals surface area contributed by atoms with Crippen molar-refractivity contribution >= 4 is 0 Å². The second-order valence-corrected chi connectivity index (χ2v) is 4.09. The molecule has 84 valence electrons. The number of rotatable bonds is 3. The number of ether oxygens (including phenoxy) is 1. The largest absolute Gasteiger partial charge is 0.433 e. The maximum Gasteiger partial charge on any atom is 0.394 e. The molecule has 0 aromatic heterocycles. The van der Waals surface area contributed by atoms with E-state index < -0.39 is 6.11 Å². The summed E-state index contributed by atoms with van der Waals surface area (Å²) in [6, 6.07) is 5.30. The highest BCUT2D eigenvalue weighted by Crippen LogP contribution is 2.27. The molecule has 0 fully saturated rings. The van der Waals surface area contributed by atoms with E-state index in [1.54, 1.807) is 13.0 Å². The summed E-state index contributed by atoms with van der Waals surface area (Å²) < 4.78 is 29.8. The highest BCUT2D eigenvalue weighted by Gasteiger charge is 2.23. The molecule has 1 aromatic carbocycles. The number of aryl methyl sites for hydroxylation is 1. The Kier molecular flexibility index (Phi) is 3.32. The van der Waals surface area contributed by atoms with E-state index in [0.29, 0.717) is 5.92 Å². The highest BCUT2D eigenvalue weighted by atomic mass is 19.3. The zero-order chi connectivity index (χ0) is 11.6. The van der Waals surface area contributed by atoms with Crippen molar-refractivity contribution in [1.82, 2.24) is 0 Å². The molecule has 0 bridgehead atoms. The topological polar surface area (TPSA) is 9.23 Å². The van der Waals surface area contributed by atoms with Crippen LogP contribution >= 0.6 is 0 Å².